The molecule has 0 spiro atoms. The SMILES string of the molecule is COc1ccc2c(c1)C(C)(C)C(/C=C/c1c(-c3ccccc3)n(C)c3ccccc13)=[N+]2C.COc1ccc2c(c1)C(C)(C)C(/C=C/c1c(-c3ccccc3)n(C)c3ccccc13)=[N+]2C.O=S(=O)([O-])[O-]. The Balaban J connectivity index is 0.000000170. The highest BCUT2D eigenvalue weighted by Gasteiger charge is 2.44. The van der Waals surface area contributed by atoms with E-state index in [0.717, 1.165) is 11.5 Å². The van der Waals surface area contributed by atoms with Gasteiger partial charge in [-0.1, -0.05) is 97.1 Å². The van der Waals surface area contributed by atoms with Gasteiger partial charge in [-0.15, -0.1) is 0 Å². The molecule has 0 N–H and O–H groups in total. The summed E-state index contributed by atoms with van der Waals surface area (Å²) in [5.41, 5.74) is 17.3. The Morgan fingerprint density at radius 3 is 1.19 bits per heavy atom. The van der Waals surface area contributed by atoms with E-state index >= 15 is 0 Å². The molecule has 8 aromatic rings. The topological polar surface area (TPSA) is 115 Å². The molecule has 0 atom stereocenters. The van der Waals surface area contributed by atoms with Crippen LogP contribution in [0.3, 0.4) is 0 Å². The predicted molar refractivity (Wildman–Crippen MR) is 279 cm³/mol. The molecule has 10 nitrogen and oxygen atoms in total. The van der Waals surface area contributed by atoms with Crippen molar-refractivity contribution >= 4 is 67.2 Å². The summed E-state index contributed by atoms with van der Waals surface area (Å²) in [6.07, 6.45) is 9.17. The molecular weight excluding hydrogens is 881 g/mol. The van der Waals surface area contributed by atoms with Crippen LogP contribution in [0.2, 0.25) is 0 Å². The molecule has 0 amide bonds. The minimum atomic E-state index is -5.17. The standard InChI is InChI=1S/2C29H29N2O.H2O4S/c2*1-29(2)24-19-21(32-5)15-17-26(24)30(3)27(29)18-16-23-22-13-9-10-14-25(22)31(4)28(23)20-11-7-6-8-12-20;1-5(2,3)4/h2*6-19H,1-5H3;(H2,1,2,3,4)/q2*+1;/p-2. The van der Waals surface area contributed by atoms with E-state index < -0.39 is 10.4 Å². The first-order valence-corrected chi connectivity index (χ1v) is 24.1. The Kier molecular flexibility index (Phi) is 13.3. The number of nitrogens with zero attached hydrogens (tertiary/aromatic N) is 4. The third-order valence-electron chi connectivity index (χ3n) is 13.7. The summed E-state index contributed by atoms with van der Waals surface area (Å²) in [7, 11) is 6.90. The second-order valence-corrected chi connectivity index (χ2v) is 19.2. The van der Waals surface area contributed by atoms with Gasteiger partial charge in [-0.3, -0.25) is 8.42 Å². The largest absolute Gasteiger partial charge is 0.759 e. The first-order chi connectivity index (χ1) is 32.9. The molecule has 2 aliphatic rings. The number of ether oxygens (including phenoxy) is 2. The number of hydrogen-bond acceptors (Lipinski definition) is 6. The van der Waals surface area contributed by atoms with Gasteiger partial charge in [0, 0.05) is 92.8 Å². The van der Waals surface area contributed by atoms with E-state index in [4.69, 9.17) is 27.0 Å². The number of allylic oxidation sites excluding steroid dienone is 2. The number of para-hydroxylation sites is 2. The van der Waals surface area contributed by atoms with Crippen molar-refractivity contribution in [3.63, 3.8) is 0 Å². The normalized spacial score (nSPS) is 14.8. The second kappa shape index (κ2) is 19.0. The summed E-state index contributed by atoms with van der Waals surface area (Å²) in [4.78, 5) is 0. The lowest BCUT2D eigenvalue weighted by atomic mass is 9.81. The van der Waals surface area contributed by atoms with Crippen LogP contribution < -0.4 is 9.47 Å². The maximum Gasteiger partial charge on any atom is 0.209 e. The Bertz CT molecular complexity index is 3260. The minimum absolute atomic E-state index is 0.118. The Morgan fingerprint density at radius 2 is 0.841 bits per heavy atom. The van der Waals surface area contributed by atoms with Crippen molar-refractivity contribution in [1.82, 2.24) is 9.13 Å². The molecule has 0 radical (unpaired) electrons. The molecule has 0 unspecified atom stereocenters. The molecule has 6 aromatic carbocycles. The molecule has 10 rings (SSSR count). The molecule has 4 heterocycles. The Morgan fingerprint density at radius 1 is 0.507 bits per heavy atom. The van der Waals surface area contributed by atoms with Crippen molar-refractivity contribution < 1.29 is 36.1 Å². The third-order valence-corrected chi connectivity index (χ3v) is 13.7. The monoisotopic (exact) mass is 938 g/mol. The molecular formula is C58H58N4O6S. The fourth-order valence-electron chi connectivity index (χ4n) is 10.3. The maximum absolute atomic E-state index is 8.52. The number of aromatic nitrogens is 2. The van der Waals surface area contributed by atoms with Gasteiger partial charge < -0.3 is 27.7 Å². The number of hydrogen-bond donors (Lipinski definition) is 0. The molecule has 0 fully saturated rings. The van der Waals surface area contributed by atoms with E-state index in [-0.39, 0.29) is 10.8 Å². The summed E-state index contributed by atoms with van der Waals surface area (Å²) >= 11 is 0. The first-order valence-electron chi connectivity index (χ1n) is 22.7. The van der Waals surface area contributed by atoms with E-state index in [0.29, 0.717) is 0 Å². The van der Waals surface area contributed by atoms with Gasteiger partial charge in [-0.25, -0.2) is 0 Å². The van der Waals surface area contributed by atoms with Crippen LogP contribution >= 0.6 is 0 Å². The average Bonchev–Trinajstić information content (AvgIpc) is 3.92. The number of fused-ring (bicyclic) bond motifs is 4. The molecule has 0 aliphatic carbocycles. The predicted octanol–water partition coefficient (Wildman–Crippen LogP) is 11.8. The molecule has 0 bridgehead atoms. The van der Waals surface area contributed by atoms with Gasteiger partial charge in [0.2, 0.25) is 11.4 Å². The molecule has 2 aromatic heterocycles. The summed E-state index contributed by atoms with van der Waals surface area (Å²) in [6.45, 7) is 9.15. The van der Waals surface area contributed by atoms with Gasteiger partial charge >= 0.3 is 0 Å². The minimum Gasteiger partial charge on any atom is -0.759 e. The van der Waals surface area contributed by atoms with Crippen LogP contribution in [0.25, 0.3) is 56.5 Å². The summed E-state index contributed by atoms with van der Waals surface area (Å²) < 4.78 is 54.3. The van der Waals surface area contributed by atoms with Crippen molar-refractivity contribution in [1.29, 1.82) is 0 Å². The van der Waals surface area contributed by atoms with Gasteiger partial charge in [0.25, 0.3) is 0 Å². The highest BCUT2D eigenvalue weighted by molar-refractivity contribution is 7.79. The van der Waals surface area contributed by atoms with Crippen molar-refractivity contribution in [2.45, 2.75) is 38.5 Å². The summed E-state index contributed by atoms with van der Waals surface area (Å²) in [6, 6.07) is 51.3. The number of aryl methyl sites for hydroxylation is 2. The fraction of sp³-hybridized carbons (Fsp3) is 0.207. The van der Waals surface area contributed by atoms with E-state index in [9.17, 15) is 0 Å². The molecule has 69 heavy (non-hydrogen) atoms. The van der Waals surface area contributed by atoms with Crippen LogP contribution in [0.15, 0.2) is 158 Å². The lowest BCUT2D eigenvalue weighted by molar-refractivity contribution is -0.401. The summed E-state index contributed by atoms with van der Waals surface area (Å²) in [5, 5.41) is 2.53. The van der Waals surface area contributed by atoms with Crippen LogP contribution in [0.4, 0.5) is 11.4 Å². The lowest BCUT2D eigenvalue weighted by Gasteiger charge is -2.16. The van der Waals surface area contributed by atoms with Gasteiger partial charge in [0.05, 0.1) is 36.4 Å². The fourth-order valence-corrected chi connectivity index (χ4v) is 10.3. The van der Waals surface area contributed by atoms with Crippen molar-refractivity contribution in [3.8, 4) is 34.0 Å². The zero-order chi connectivity index (χ0) is 49.4. The highest BCUT2D eigenvalue weighted by Crippen LogP contribution is 2.44. The van der Waals surface area contributed by atoms with Crippen LogP contribution in [-0.2, 0) is 35.3 Å². The van der Waals surface area contributed by atoms with Crippen molar-refractivity contribution in [2.24, 2.45) is 14.1 Å². The van der Waals surface area contributed by atoms with Crippen LogP contribution in [0.1, 0.15) is 49.9 Å². The van der Waals surface area contributed by atoms with Crippen molar-refractivity contribution in [2.75, 3.05) is 28.3 Å². The van der Waals surface area contributed by atoms with Crippen LogP contribution in [0, 0.1) is 0 Å². The lowest BCUT2D eigenvalue weighted by Crippen LogP contribution is -2.26. The maximum atomic E-state index is 8.52. The van der Waals surface area contributed by atoms with Gasteiger partial charge in [0.15, 0.2) is 11.4 Å². The van der Waals surface area contributed by atoms with Crippen LogP contribution in [0.5, 0.6) is 11.5 Å². The Labute approximate surface area is 405 Å². The van der Waals surface area contributed by atoms with Gasteiger partial charge in [-0.2, -0.15) is 9.15 Å². The van der Waals surface area contributed by atoms with E-state index in [1.807, 2.05) is 12.1 Å². The third kappa shape index (κ3) is 9.21. The molecule has 2 aliphatic heterocycles. The van der Waals surface area contributed by atoms with E-state index in [1.165, 1.54) is 89.4 Å². The smallest absolute Gasteiger partial charge is 0.209 e. The zero-order valence-corrected chi connectivity index (χ0v) is 41.6. The average molecular weight is 939 g/mol. The quantitative estimate of drug-likeness (QED) is 0.0851. The molecule has 0 saturated carbocycles. The molecule has 352 valence electrons. The van der Waals surface area contributed by atoms with Crippen LogP contribution in [-0.4, -0.2) is 75.5 Å². The van der Waals surface area contributed by atoms with Gasteiger partial charge in [0.1, 0.15) is 25.6 Å². The highest BCUT2D eigenvalue weighted by atomic mass is 32.3. The number of benzene rings is 6. The zero-order valence-electron chi connectivity index (χ0n) is 40.8. The molecule has 11 heteroatoms. The van der Waals surface area contributed by atoms with Crippen molar-refractivity contribution in [3.05, 3.63) is 180 Å². The number of methoxy groups -OCH3 is 2. The van der Waals surface area contributed by atoms with E-state index in [2.05, 4.69) is 232 Å². The second-order valence-electron chi connectivity index (χ2n) is 18.4. The van der Waals surface area contributed by atoms with E-state index in [1.54, 1.807) is 14.2 Å². The molecule has 0 saturated heterocycles. The first kappa shape index (κ1) is 48.2. The van der Waals surface area contributed by atoms with Gasteiger partial charge in [-0.05, 0) is 87.4 Å². The number of rotatable bonds is 8. The Hall–Kier alpha value is -7.31. The summed E-state index contributed by atoms with van der Waals surface area (Å²) in [5.74, 6) is 1.80.